The van der Waals surface area contributed by atoms with E-state index in [-0.39, 0.29) is 11.9 Å². The Morgan fingerprint density at radius 3 is 2.25 bits per heavy atom. The van der Waals surface area contributed by atoms with Crippen LogP contribution in [0.4, 0.5) is 0 Å². The van der Waals surface area contributed by atoms with Crippen molar-refractivity contribution in [1.29, 1.82) is 0 Å². The summed E-state index contributed by atoms with van der Waals surface area (Å²) in [5, 5.41) is 0. The maximum Gasteiger partial charge on any atom is 0.163 e. The topological polar surface area (TPSA) is 26.3 Å². The van der Waals surface area contributed by atoms with E-state index < -0.39 is 0 Å². The largest absolute Gasteiger partial charge is 0.490 e. The summed E-state index contributed by atoms with van der Waals surface area (Å²) in [6.45, 7) is 9.72. The van der Waals surface area contributed by atoms with Crippen molar-refractivity contribution in [2.75, 3.05) is 0 Å². The molecule has 1 rings (SSSR count). The number of carbonyl (C=O) groups excluding carboxylic acids is 1. The summed E-state index contributed by atoms with van der Waals surface area (Å²) in [6.07, 6.45) is 0.0861. The van der Waals surface area contributed by atoms with E-state index in [2.05, 4.69) is 13.8 Å². The molecule has 0 heterocycles. The van der Waals surface area contributed by atoms with E-state index in [1.165, 1.54) is 5.56 Å². The molecule has 0 aromatic heterocycles. The number of benzene rings is 1. The van der Waals surface area contributed by atoms with Crippen LogP contribution in [0, 0.1) is 0 Å². The Morgan fingerprint density at radius 2 is 1.81 bits per heavy atom. The molecular formula is C14H20O2. The lowest BCUT2D eigenvalue weighted by Gasteiger charge is -2.15. The fraction of sp³-hybridized carbons (Fsp3) is 0.500. The minimum absolute atomic E-state index is 0.0538. The van der Waals surface area contributed by atoms with E-state index >= 15 is 0 Å². The monoisotopic (exact) mass is 220 g/mol. The molecule has 88 valence electrons. The molecule has 0 aliphatic heterocycles. The fourth-order valence-corrected chi connectivity index (χ4v) is 1.54. The number of rotatable bonds is 4. The van der Waals surface area contributed by atoms with Crippen molar-refractivity contribution in [2.45, 2.75) is 46.6 Å². The number of hydrogen-bond acceptors (Lipinski definition) is 2. The molecule has 0 atom stereocenters. The minimum atomic E-state index is 0.0538. The van der Waals surface area contributed by atoms with Crippen LogP contribution in [-0.4, -0.2) is 11.9 Å². The van der Waals surface area contributed by atoms with Crippen LogP contribution in [-0.2, 0) is 0 Å². The normalized spacial score (nSPS) is 10.9. The van der Waals surface area contributed by atoms with E-state index in [0.717, 1.165) is 0 Å². The second kappa shape index (κ2) is 5.15. The van der Waals surface area contributed by atoms with Crippen LogP contribution in [0.1, 0.15) is 56.5 Å². The zero-order valence-electron chi connectivity index (χ0n) is 10.7. The number of ketones is 1. The molecule has 0 radical (unpaired) electrons. The Labute approximate surface area is 97.6 Å². The first-order valence-electron chi connectivity index (χ1n) is 5.73. The quantitative estimate of drug-likeness (QED) is 0.721. The molecule has 0 aliphatic carbocycles. The summed E-state index contributed by atoms with van der Waals surface area (Å²) < 4.78 is 5.62. The Kier molecular flexibility index (Phi) is 4.11. The molecule has 1 aromatic rings. The van der Waals surface area contributed by atoms with Gasteiger partial charge in [0.15, 0.2) is 5.78 Å². The van der Waals surface area contributed by atoms with Crippen molar-refractivity contribution in [1.82, 2.24) is 0 Å². The van der Waals surface area contributed by atoms with Gasteiger partial charge in [-0.2, -0.15) is 0 Å². The summed E-state index contributed by atoms with van der Waals surface area (Å²) in [5.41, 5.74) is 1.85. The van der Waals surface area contributed by atoms with Gasteiger partial charge in [-0.1, -0.05) is 19.9 Å². The molecule has 0 N–H and O–H groups in total. The lowest BCUT2D eigenvalue weighted by molar-refractivity contribution is 0.101. The third-order valence-electron chi connectivity index (χ3n) is 2.41. The maximum absolute atomic E-state index is 11.5. The number of carbonyl (C=O) groups is 1. The van der Waals surface area contributed by atoms with Crippen molar-refractivity contribution in [3.05, 3.63) is 29.3 Å². The van der Waals surface area contributed by atoms with Crippen molar-refractivity contribution in [3.63, 3.8) is 0 Å². The first-order chi connectivity index (χ1) is 7.41. The highest BCUT2D eigenvalue weighted by Gasteiger charge is 2.12. The van der Waals surface area contributed by atoms with Gasteiger partial charge >= 0.3 is 0 Å². The van der Waals surface area contributed by atoms with Gasteiger partial charge in [-0.3, -0.25) is 4.79 Å². The summed E-state index contributed by atoms with van der Waals surface area (Å²) in [7, 11) is 0. The second-order valence-electron chi connectivity index (χ2n) is 4.63. The number of hydrogen-bond donors (Lipinski definition) is 0. The minimum Gasteiger partial charge on any atom is -0.490 e. The molecule has 0 saturated heterocycles. The van der Waals surface area contributed by atoms with Gasteiger partial charge in [0.05, 0.1) is 11.7 Å². The fourth-order valence-electron chi connectivity index (χ4n) is 1.54. The van der Waals surface area contributed by atoms with E-state index in [4.69, 9.17) is 4.74 Å². The van der Waals surface area contributed by atoms with Gasteiger partial charge in [0.1, 0.15) is 5.75 Å². The molecule has 16 heavy (non-hydrogen) atoms. The highest BCUT2D eigenvalue weighted by molar-refractivity contribution is 5.97. The van der Waals surface area contributed by atoms with Crippen LogP contribution in [0.3, 0.4) is 0 Å². The number of ether oxygens (including phenoxy) is 1. The van der Waals surface area contributed by atoms with E-state index in [9.17, 15) is 4.79 Å². The summed E-state index contributed by atoms with van der Waals surface area (Å²) in [6, 6.07) is 5.85. The van der Waals surface area contributed by atoms with Crippen molar-refractivity contribution in [3.8, 4) is 5.75 Å². The first-order valence-corrected chi connectivity index (χ1v) is 5.73. The zero-order chi connectivity index (χ0) is 12.3. The van der Waals surface area contributed by atoms with Gasteiger partial charge in [-0.15, -0.1) is 0 Å². The third-order valence-corrected chi connectivity index (χ3v) is 2.41. The molecule has 2 heteroatoms. The molecule has 0 fully saturated rings. The van der Waals surface area contributed by atoms with E-state index in [1.807, 2.05) is 32.0 Å². The average Bonchev–Trinajstić information content (AvgIpc) is 2.16. The first kappa shape index (κ1) is 12.8. The van der Waals surface area contributed by atoms with Crippen LogP contribution in [0.25, 0.3) is 0 Å². The second-order valence-corrected chi connectivity index (χ2v) is 4.63. The van der Waals surface area contributed by atoms with Gasteiger partial charge in [0.2, 0.25) is 0 Å². The molecule has 0 unspecified atom stereocenters. The Bertz CT molecular complexity index is 378. The Hall–Kier alpha value is -1.31. The van der Waals surface area contributed by atoms with Gasteiger partial charge in [0, 0.05) is 0 Å². The lowest BCUT2D eigenvalue weighted by atomic mass is 9.99. The van der Waals surface area contributed by atoms with Gasteiger partial charge in [-0.25, -0.2) is 0 Å². The van der Waals surface area contributed by atoms with E-state index in [0.29, 0.717) is 17.2 Å². The maximum atomic E-state index is 11.5. The SMILES string of the molecule is CC(=O)c1cc(C(C)C)ccc1OC(C)C. The van der Waals surface area contributed by atoms with Gasteiger partial charge in [-0.05, 0) is 44.4 Å². The molecule has 2 nitrogen and oxygen atoms in total. The van der Waals surface area contributed by atoms with Gasteiger partial charge in [0.25, 0.3) is 0 Å². The van der Waals surface area contributed by atoms with Crippen LogP contribution in [0.15, 0.2) is 18.2 Å². The molecule has 1 aromatic carbocycles. The van der Waals surface area contributed by atoms with Crippen molar-refractivity contribution in [2.24, 2.45) is 0 Å². The summed E-state index contributed by atoms with van der Waals surface area (Å²) in [5.74, 6) is 1.16. The number of Topliss-reactive ketones (excluding diaryl/α,β-unsaturated/α-hetero) is 1. The van der Waals surface area contributed by atoms with Crippen LogP contribution in [0.2, 0.25) is 0 Å². The van der Waals surface area contributed by atoms with Crippen LogP contribution >= 0.6 is 0 Å². The Balaban J connectivity index is 3.14. The zero-order valence-corrected chi connectivity index (χ0v) is 10.7. The Morgan fingerprint density at radius 1 is 1.19 bits per heavy atom. The van der Waals surface area contributed by atoms with Crippen LogP contribution in [0.5, 0.6) is 5.75 Å². The summed E-state index contributed by atoms with van der Waals surface area (Å²) in [4.78, 5) is 11.5. The molecule has 0 bridgehead atoms. The summed E-state index contributed by atoms with van der Waals surface area (Å²) >= 11 is 0. The molecular weight excluding hydrogens is 200 g/mol. The average molecular weight is 220 g/mol. The molecule has 0 amide bonds. The predicted octanol–water partition coefficient (Wildman–Crippen LogP) is 3.80. The molecule has 0 aliphatic rings. The highest BCUT2D eigenvalue weighted by Crippen LogP contribution is 2.25. The van der Waals surface area contributed by atoms with Crippen molar-refractivity contribution >= 4 is 5.78 Å². The molecule has 0 spiro atoms. The highest BCUT2D eigenvalue weighted by atomic mass is 16.5. The smallest absolute Gasteiger partial charge is 0.163 e. The standard InChI is InChI=1S/C14H20O2/c1-9(2)12-6-7-14(16-10(3)4)13(8-12)11(5)15/h6-10H,1-5H3. The third kappa shape index (κ3) is 3.09. The lowest BCUT2D eigenvalue weighted by Crippen LogP contribution is -2.09. The predicted molar refractivity (Wildman–Crippen MR) is 66.3 cm³/mol. The van der Waals surface area contributed by atoms with Gasteiger partial charge < -0.3 is 4.74 Å². The van der Waals surface area contributed by atoms with E-state index in [1.54, 1.807) is 6.92 Å². The van der Waals surface area contributed by atoms with Crippen molar-refractivity contribution < 1.29 is 9.53 Å². The molecule has 0 saturated carbocycles. The van der Waals surface area contributed by atoms with Crippen LogP contribution < -0.4 is 4.74 Å².